The van der Waals surface area contributed by atoms with Gasteiger partial charge in [-0.3, -0.25) is 9.20 Å². The lowest BCUT2D eigenvalue weighted by atomic mass is 10.4. The summed E-state index contributed by atoms with van der Waals surface area (Å²) in [4.78, 5) is 15.8. The molecule has 0 fully saturated rings. The average Bonchev–Trinajstić information content (AvgIpc) is 2.66. The maximum Gasteiger partial charge on any atom is 0.270 e. The number of halogens is 1. The molecule has 0 saturated heterocycles. The number of hydrogen-bond acceptors (Lipinski definition) is 2. The predicted octanol–water partition coefficient (Wildman–Crippen LogP) is 1.34. The van der Waals surface area contributed by atoms with Crippen molar-refractivity contribution in [2.24, 2.45) is 0 Å². The first-order chi connectivity index (χ1) is 6.75. The van der Waals surface area contributed by atoms with Crippen molar-refractivity contribution in [1.29, 1.82) is 0 Å². The van der Waals surface area contributed by atoms with Crippen LogP contribution in [0.2, 0.25) is 0 Å². The number of carbonyl (C=O) groups excluding carboxylic acids is 1. The number of fused-ring (bicyclic) bond motifs is 3. The zero-order valence-electron chi connectivity index (χ0n) is 7.12. The van der Waals surface area contributed by atoms with Crippen molar-refractivity contribution in [2.75, 3.05) is 0 Å². The molecular formula is C9H6BrN3O. The molecule has 1 aliphatic rings. The first kappa shape index (κ1) is 7.99. The van der Waals surface area contributed by atoms with Gasteiger partial charge in [0.15, 0.2) is 0 Å². The quantitative estimate of drug-likeness (QED) is 0.769. The standard InChI is InChI=1S/C9H6BrN3O/c10-5-1-2-13-7(3-5)12-6-4-11-9(14)8(6)13/h1-3H,4H2,(H,11,14). The molecule has 1 aliphatic heterocycles. The SMILES string of the molecule is O=C1NCc2nc3cc(Br)ccn3c21. The molecule has 0 aliphatic carbocycles. The van der Waals surface area contributed by atoms with Gasteiger partial charge in [0.25, 0.3) is 5.91 Å². The van der Waals surface area contributed by atoms with E-state index in [4.69, 9.17) is 0 Å². The lowest BCUT2D eigenvalue weighted by Crippen LogP contribution is -2.15. The average molecular weight is 252 g/mol. The van der Waals surface area contributed by atoms with E-state index in [0.29, 0.717) is 12.2 Å². The highest BCUT2D eigenvalue weighted by molar-refractivity contribution is 9.10. The Balaban J connectivity index is 2.41. The number of imidazole rings is 1. The molecule has 0 spiro atoms. The van der Waals surface area contributed by atoms with Crippen LogP contribution < -0.4 is 5.32 Å². The van der Waals surface area contributed by atoms with E-state index in [1.54, 1.807) is 0 Å². The number of carbonyl (C=O) groups is 1. The monoisotopic (exact) mass is 251 g/mol. The van der Waals surface area contributed by atoms with Gasteiger partial charge in [-0.2, -0.15) is 0 Å². The van der Waals surface area contributed by atoms with Gasteiger partial charge in [0.05, 0.1) is 12.2 Å². The Morgan fingerprint density at radius 2 is 2.43 bits per heavy atom. The van der Waals surface area contributed by atoms with Crippen molar-refractivity contribution in [3.8, 4) is 0 Å². The lowest BCUT2D eigenvalue weighted by molar-refractivity contribution is 0.0960. The number of amides is 1. The summed E-state index contributed by atoms with van der Waals surface area (Å²) in [6.07, 6.45) is 1.84. The zero-order chi connectivity index (χ0) is 9.71. The van der Waals surface area contributed by atoms with Gasteiger partial charge in [-0.15, -0.1) is 0 Å². The minimum atomic E-state index is -0.0465. The summed E-state index contributed by atoms with van der Waals surface area (Å²) in [5.41, 5.74) is 2.29. The molecule has 0 radical (unpaired) electrons. The fourth-order valence-electron chi connectivity index (χ4n) is 1.68. The van der Waals surface area contributed by atoms with E-state index in [1.165, 1.54) is 0 Å². The molecule has 1 amide bonds. The topological polar surface area (TPSA) is 46.4 Å². The molecule has 2 aromatic rings. The van der Waals surface area contributed by atoms with E-state index in [-0.39, 0.29) is 5.91 Å². The maximum atomic E-state index is 11.4. The Kier molecular flexibility index (Phi) is 1.47. The maximum absolute atomic E-state index is 11.4. The van der Waals surface area contributed by atoms with E-state index < -0.39 is 0 Å². The van der Waals surface area contributed by atoms with E-state index in [2.05, 4.69) is 26.2 Å². The molecular weight excluding hydrogens is 246 g/mol. The molecule has 2 aromatic heterocycles. The third-order valence-electron chi connectivity index (χ3n) is 2.29. The van der Waals surface area contributed by atoms with Gasteiger partial charge in [-0.05, 0) is 12.1 Å². The number of pyridine rings is 1. The van der Waals surface area contributed by atoms with Crippen LogP contribution in [0.25, 0.3) is 5.65 Å². The number of nitrogens with zero attached hydrogens (tertiary/aromatic N) is 2. The fraction of sp³-hybridized carbons (Fsp3) is 0.111. The Bertz CT molecular complexity index is 546. The van der Waals surface area contributed by atoms with Crippen LogP contribution in [0.5, 0.6) is 0 Å². The minimum absolute atomic E-state index is 0.0465. The first-order valence-electron chi connectivity index (χ1n) is 4.20. The largest absolute Gasteiger partial charge is 0.345 e. The van der Waals surface area contributed by atoms with Gasteiger partial charge >= 0.3 is 0 Å². The molecule has 0 atom stereocenters. The number of rotatable bonds is 0. The molecule has 70 valence electrons. The van der Waals surface area contributed by atoms with Gasteiger partial charge in [-0.1, -0.05) is 15.9 Å². The fourth-order valence-corrected chi connectivity index (χ4v) is 2.00. The Morgan fingerprint density at radius 1 is 1.57 bits per heavy atom. The van der Waals surface area contributed by atoms with Gasteiger partial charge in [0.1, 0.15) is 11.3 Å². The molecule has 0 unspecified atom stereocenters. The molecule has 0 bridgehead atoms. The van der Waals surface area contributed by atoms with Crippen LogP contribution in [0.15, 0.2) is 22.8 Å². The second-order valence-corrected chi connectivity index (χ2v) is 4.08. The Labute approximate surface area is 88.1 Å². The van der Waals surface area contributed by atoms with Crippen molar-refractivity contribution in [1.82, 2.24) is 14.7 Å². The third-order valence-corrected chi connectivity index (χ3v) is 2.79. The second kappa shape index (κ2) is 2.57. The van der Waals surface area contributed by atoms with Crippen LogP contribution in [0.1, 0.15) is 16.2 Å². The van der Waals surface area contributed by atoms with Crippen LogP contribution in [-0.2, 0) is 6.54 Å². The van der Waals surface area contributed by atoms with Crippen LogP contribution in [-0.4, -0.2) is 15.3 Å². The van der Waals surface area contributed by atoms with Crippen molar-refractivity contribution in [2.45, 2.75) is 6.54 Å². The molecule has 3 rings (SSSR count). The molecule has 5 heteroatoms. The molecule has 3 heterocycles. The highest BCUT2D eigenvalue weighted by Gasteiger charge is 2.24. The number of nitrogens with one attached hydrogen (secondary N) is 1. The van der Waals surface area contributed by atoms with Crippen LogP contribution in [0, 0.1) is 0 Å². The van der Waals surface area contributed by atoms with Gasteiger partial charge < -0.3 is 5.32 Å². The van der Waals surface area contributed by atoms with Gasteiger partial charge in [0.2, 0.25) is 0 Å². The molecule has 4 nitrogen and oxygen atoms in total. The van der Waals surface area contributed by atoms with E-state index >= 15 is 0 Å². The van der Waals surface area contributed by atoms with Crippen molar-refractivity contribution in [3.63, 3.8) is 0 Å². The summed E-state index contributed by atoms with van der Waals surface area (Å²) in [5, 5.41) is 2.74. The molecule has 1 N–H and O–H groups in total. The van der Waals surface area contributed by atoms with Crippen LogP contribution >= 0.6 is 15.9 Å². The normalized spacial score (nSPS) is 14.5. The molecule has 0 aromatic carbocycles. The summed E-state index contributed by atoms with van der Waals surface area (Å²) < 4.78 is 2.77. The highest BCUT2D eigenvalue weighted by Crippen LogP contribution is 2.20. The summed E-state index contributed by atoms with van der Waals surface area (Å²) in [6.45, 7) is 0.535. The summed E-state index contributed by atoms with van der Waals surface area (Å²) in [5.74, 6) is -0.0465. The second-order valence-electron chi connectivity index (χ2n) is 3.16. The van der Waals surface area contributed by atoms with E-state index in [9.17, 15) is 4.79 Å². The summed E-state index contributed by atoms with van der Waals surface area (Å²) in [7, 11) is 0. The number of hydrogen-bond donors (Lipinski definition) is 1. The van der Waals surface area contributed by atoms with Crippen LogP contribution in [0.4, 0.5) is 0 Å². The highest BCUT2D eigenvalue weighted by atomic mass is 79.9. The smallest absolute Gasteiger partial charge is 0.270 e. The first-order valence-corrected chi connectivity index (χ1v) is 5.00. The number of aromatic nitrogens is 2. The molecule has 0 saturated carbocycles. The molecule has 14 heavy (non-hydrogen) atoms. The van der Waals surface area contributed by atoms with Crippen molar-refractivity contribution < 1.29 is 4.79 Å². The van der Waals surface area contributed by atoms with Crippen molar-refractivity contribution >= 4 is 27.5 Å². The lowest BCUT2D eigenvalue weighted by Gasteiger charge is -1.97. The van der Waals surface area contributed by atoms with Crippen LogP contribution in [0.3, 0.4) is 0 Å². The minimum Gasteiger partial charge on any atom is -0.345 e. The van der Waals surface area contributed by atoms with Gasteiger partial charge in [-0.25, -0.2) is 4.98 Å². The summed E-state index contributed by atoms with van der Waals surface area (Å²) >= 11 is 3.37. The van der Waals surface area contributed by atoms with Gasteiger partial charge in [0, 0.05) is 10.7 Å². The predicted molar refractivity (Wildman–Crippen MR) is 54.1 cm³/mol. The zero-order valence-corrected chi connectivity index (χ0v) is 8.71. The third kappa shape index (κ3) is 0.928. The van der Waals surface area contributed by atoms with E-state index in [1.807, 2.05) is 22.7 Å². The Morgan fingerprint density at radius 3 is 3.29 bits per heavy atom. The Hall–Kier alpha value is -1.36. The van der Waals surface area contributed by atoms with E-state index in [0.717, 1.165) is 15.8 Å². The van der Waals surface area contributed by atoms with Crippen molar-refractivity contribution in [3.05, 3.63) is 34.2 Å². The summed E-state index contributed by atoms with van der Waals surface area (Å²) in [6, 6.07) is 3.78.